The van der Waals surface area contributed by atoms with Gasteiger partial charge in [-0.15, -0.1) is 0 Å². The molecule has 0 saturated heterocycles. The first-order valence-corrected chi connectivity index (χ1v) is 3.51. The van der Waals surface area contributed by atoms with Crippen LogP contribution in [0.1, 0.15) is 0 Å². The van der Waals surface area contributed by atoms with Gasteiger partial charge in [-0.05, 0) is 0 Å². The second-order valence-corrected chi connectivity index (χ2v) is 2.15. The van der Waals surface area contributed by atoms with E-state index in [2.05, 4.69) is 10.6 Å². The maximum atomic E-state index is 10.7. The summed E-state index contributed by atoms with van der Waals surface area (Å²) in [6.07, 6.45) is 0. The van der Waals surface area contributed by atoms with Gasteiger partial charge in [0.05, 0.1) is 13.1 Å². The number of carboxylic acid groups (broad SMARTS) is 1. The minimum atomic E-state index is -1.14. The van der Waals surface area contributed by atoms with Gasteiger partial charge in [-0.25, -0.2) is 0 Å². The van der Waals surface area contributed by atoms with Crippen molar-refractivity contribution in [3.05, 3.63) is 0 Å². The second-order valence-electron chi connectivity index (χ2n) is 2.15. The van der Waals surface area contributed by atoms with Crippen molar-refractivity contribution in [2.75, 3.05) is 19.6 Å². The van der Waals surface area contributed by atoms with Crippen LogP contribution in [0.3, 0.4) is 0 Å². The van der Waals surface area contributed by atoms with Crippen LogP contribution in [0.25, 0.3) is 0 Å². The number of nitrogens with one attached hydrogen (secondary N) is 2. The quantitative estimate of drug-likeness (QED) is 0.396. The fourth-order valence-corrected chi connectivity index (χ4v) is 0.488. The van der Waals surface area contributed by atoms with Crippen LogP contribution in [0.2, 0.25) is 0 Å². The first-order chi connectivity index (χ1) is 6.06. The van der Waals surface area contributed by atoms with Gasteiger partial charge in [-0.1, -0.05) is 0 Å². The zero-order valence-electron chi connectivity index (χ0n) is 7.17. The molecule has 0 heterocycles. The molecule has 0 fully saturated rings. The molecule has 0 bridgehead atoms. The van der Waals surface area contributed by atoms with Gasteiger partial charge >= 0.3 is 23.0 Å². The van der Waals surface area contributed by atoms with E-state index in [-0.39, 0.29) is 30.2 Å². The van der Waals surface area contributed by atoms with Gasteiger partial charge in [0.25, 0.3) is 0 Å². The van der Waals surface area contributed by atoms with E-state index in [9.17, 15) is 14.4 Å². The summed E-state index contributed by atoms with van der Waals surface area (Å²) in [5.74, 6) is -2.17. The largest absolute Gasteiger partial charge is 1.00 e. The van der Waals surface area contributed by atoms with Crippen molar-refractivity contribution in [3.63, 3.8) is 0 Å². The van der Waals surface area contributed by atoms with Crippen LogP contribution in [-0.2, 0) is 31.5 Å². The molecule has 7 nitrogen and oxygen atoms in total. The monoisotopic (exact) mass is 252 g/mol. The number of hydrogen-bond donors (Lipinski definition) is 4. The van der Waals surface area contributed by atoms with Crippen molar-refractivity contribution in [2.45, 2.75) is 0 Å². The molecule has 0 aromatic carbocycles. The Bertz CT molecular complexity index is 221. The Balaban J connectivity index is 0. The molecular weight excluding hydrogens is 242 g/mol. The molecule has 5 N–H and O–H groups in total. The number of nitrogens with two attached hydrogens (primary N) is 1. The topological polar surface area (TPSA) is 122 Å². The molecular formula is C6H11CuN3O4+. The van der Waals surface area contributed by atoms with E-state index in [0.717, 1.165) is 0 Å². The summed E-state index contributed by atoms with van der Waals surface area (Å²) in [4.78, 5) is 31.2. The van der Waals surface area contributed by atoms with E-state index in [4.69, 9.17) is 10.8 Å². The number of carboxylic acids is 1. The van der Waals surface area contributed by atoms with Gasteiger partial charge in [0, 0.05) is 0 Å². The summed E-state index contributed by atoms with van der Waals surface area (Å²) < 4.78 is 0. The summed E-state index contributed by atoms with van der Waals surface area (Å²) in [6, 6.07) is 0. The van der Waals surface area contributed by atoms with E-state index in [1.807, 2.05) is 0 Å². The first-order valence-electron chi connectivity index (χ1n) is 3.51. The third-order valence-corrected chi connectivity index (χ3v) is 1.07. The molecule has 0 radical (unpaired) electrons. The zero-order chi connectivity index (χ0) is 10.3. The molecule has 2 amide bonds. The van der Waals surface area contributed by atoms with Crippen molar-refractivity contribution in [1.29, 1.82) is 0 Å². The summed E-state index contributed by atoms with van der Waals surface area (Å²) in [6.45, 7) is -0.924. The number of aliphatic carboxylic acids is 1. The molecule has 0 aromatic heterocycles. The molecule has 0 spiro atoms. The van der Waals surface area contributed by atoms with Crippen LogP contribution in [-0.4, -0.2) is 42.5 Å². The van der Waals surface area contributed by atoms with Gasteiger partial charge in [0.15, 0.2) is 0 Å². The third kappa shape index (κ3) is 8.98. The number of hydrogen-bond acceptors (Lipinski definition) is 4. The molecule has 0 aliphatic carbocycles. The van der Waals surface area contributed by atoms with Crippen LogP contribution >= 0.6 is 0 Å². The zero-order valence-corrected chi connectivity index (χ0v) is 8.11. The SMILES string of the molecule is NCC(=O)NCC(=O)NCC(=O)O.[Cu+]. The third-order valence-electron chi connectivity index (χ3n) is 1.07. The van der Waals surface area contributed by atoms with Crippen LogP contribution in [0.15, 0.2) is 0 Å². The Morgan fingerprint density at radius 1 is 1.07 bits per heavy atom. The van der Waals surface area contributed by atoms with Gasteiger partial charge in [-0.3, -0.25) is 14.4 Å². The Morgan fingerprint density at radius 3 is 2.00 bits per heavy atom. The molecule has 8 heteroatoms. The van der Waals surface area contributed by atoms with Crippen molar-refractivity contribution in [2.24, 2.45) is 5.73 Å². The molecule has 0 rings (SSSR count). The Labute approximate surface area is 90.9 Å². The average molecular weight is 253 g/mol. The van der Waals surface area contributed by atoms with Crippen molar-refractivity contribution in [1.82, 2.24) is 10.6 Å². The van der Waals surface area contributed by atoms with Crippen LogP contribution < -0.4 is 16.4 Å². The number of amides is 2. The van der Waals surface area contributed by atoms with Crippen LogP contribution in [0.4, 0.5) is 0 Å². The van der Waals surface area contributed by atoms with E-state index in [0.29, 0.717) is 0 Å². The Hall–Kier alpha value is -1.11. The van der Waals surface area contributed by atoms with Gasteiger partial charge in [0.1, 0.15) is 6.54 Å². The molecule has 0 aliphatic heterocycles. The van der Waals surface area contributed by atoms with E-state index in [1.54, 1.807) is 0 Å². The molecule has 0 aromatic rings. The maximum absolute atomic E-state index is 10.7. The Kier molecular flexibility index (Phi) is 9.31. The second kappa shape index (κ2) is 8.49. The fraction of sp³-hybridized carbons (Fsp3) is 0.500. The minimum absolute atomic E-state index is 0. The van der Waals surface area contributed by atoms with Crippen molar-refractivity contribution >= 4 is 17.8 Å². The van der Waals surface area contributed by atoms with E-state index in [1.165, 1.54) is 0 Å². The average Bonchev–Trinajstić information content (AvgIpc) is 2.10. The first kappa shape index (κ1) is 15.4. The molecule has 0 unspecified atom stereocenters. The predicted octanol–water partition coefficient (Wildman–Crippen LogP) is -2.74. The minimum Gasteiger partial charge on any atom is -0.480 e. The molecule has 0 saturated carbocycles. The predicted molar refractivity (Wildman–Crippen MR) is 42.7 cm³/mol. The standard InChI is InChI=1S/C6H11N3O4.Cu/c7-1-4(10)8-2-5(11)9-3-6(12)13;/h1-3,7H2,(H,8,10)(H,9,11)(H,12,13);/q;+1. The van der Waals surface area contributed by atoms with E-state index >= 15 is 0 Å². The normalized spacial score (nSPS) is 8.36. The number of carbonyl (C=O) groups excluding carboxylic acids is 2. The van der Waals surface area contributed by atoms with Crippen molar-refractivity contribution in [3.8, 4) is 0 Å². The van der Waals surface area contributed by atoms with Gasteiger partial charge in [-0.2, -0.15) is 0 Å². The van der Waals surface area contributed by atoms with Gasteiger partial charge in [0.2, 0.25) is 11.8 Å². The summed E-state index contributed by atoms with van der Waals surface area (Å²) in [5.41, 5.74) is 4.94. The summed E-state index contributed by atoms with van der Waals surface area (Å²) in [7, 11) is 0. The van der Waals surface area contributed by atoms with Crippen LogP contribution in [0.5, 0.6) is 0 Å². The molecule has 0 aliphatic rings. The van der Waals surface area contributed by atoms with Crippen LogP contribution in [0, 0.1) is 0 Å². The molecule has 84 valence electrons. The van der Waals surface area contributed by atoms with E-state index < -0.39 is 24.3 Å². The Morgan fingerprint density at radius 2 is 1.57 bits per heavy atom. The van der Waals surface area contributed by atoms with Crippen molar-refractivity contribution < 1.29 is 36.6 Å². The fourth-order valence-electron chi connectivity index (χ4n) is 0.488. The molecule has 14 heavy (non-hydrogen) atoms. The maximum Gasteiger partial charge on any atom is 1.00 e. The summed E-state index contributed by atoms with van der Waals surface area (Å²) >= 11 is 0. The number of rotatable bonds is 5. The van der Waals surface area contributed by atoms with Gasteiger partial charge < -0.3 is 21.5 Å². The molecule has 0 atom stereocenters. The summed E-state index contributed by atoms with van der Waals surface area (Å²) in [5, 5.41) is 12.4. The number of carbonyl (C=O) groups is 3. The smallest absolute Gasteiger partial charge is 0.480 e.